The Bertz CT molecular complexity index is 397. The number of aryl methyl sites for hydroxylation is 1. The molecule has 1 aromatic carbocycles. The van der Waals surface area contributed by atoms with Gasteiger partial charge in [0, 0.05) is 44.2 Å². The number of rotatable bonds is 3. The lowest BCUT2D eigenvalue weighted by Gasteiger charge is -2.36. The third-order valence-electron chi connectivity index (χ3n) is 3.34. The van der Waals surface area contributed by atoms with Gasteiger partial charge >= 0.3 is 0 Å². The molecule has 1 aromatic rings. The molecular weight excluding hydrogens is 248 g/mol. The summed E-state index contributed by atoms with van der Waals surface area (Å²) < 4.78 is 0. The van der Waals surface area contributed by atoms with E-state index in [0.717, 1.165) is 26.2 Å². The third-order valence-corrected chi connectivity index (χ3v) is 3.53. The van der Waals surface area contributed by atoms with Gasteiger partial charge in [0.05, 0.1) is 0 Å². The summed E-state index contributed by atoms with van der Waals surface area (Å²) in [5.41, 5.74) is 2.51. The molecule has 3 nitrogen and oxygen atoms in total. The zero-order valence-electron chi connectivity index (χ0n) is 10.7. The Labute approximate surface area is 113 Å². The van der Waals surface area contributed by atoms with Crippen molar-refractivity contribution >= 4 is 23.2 Å². The molecule has 0 atom stereocenters. The molecule has 1 aliphatic rings. The summed E-state index contributed by atoms with van der Waals surface area (Å²) >= 11 is 5.60. The van der Waals surface area contributed by atoms with Crippen LogP contribution in [0.4, 0.5) is 5.69 Å². The molecule has 98 valence electrons. The summed E-state index contributed by atoms with van der Waals surface area (Å²) in [5.74, 6) is 0.588. The van der Waals surface area contributed by atoms with Crippen LogP contribution in [0.5, 0.6) is 0 Å². The Morgan fingerprint density at radius 2 is 1.78 bits per heavy atom. The fourth-order valence-corrected chi connectivity index (χ4v) is 2.37. The average molecular weight is 267 g/mol. The number of carbonyl (C=O) groups excluding carboxylic acids is 1. The van der Waals surface area contributed by atoms with Gasteiger partial charge in [0.2, 0.25) is 5.91 Å². The Morgan fingerprint density at radius 3 is 2.33 bits per heavy atom. The van der Waals surface area contributed by atoms with E-state index >= 15 is 0 Å². The van der Waals surface area contributed by atoms with Crippen LogP contribution >= 0.6 is 11.6 Å². The number of amides is 1. The zero-order chi connectivity index (χ0) is 13.0. The normalized spacial score (nSPS) is 15.9. The van der Waals surface area contributed by atoms with Gasteiger partial charge in [0.1, 0.15) is 0 Å². The monoisotopic (exact) mass is 266 g/mol. The van der Waals surface area contributed by atoms with Crippen LogP contribution in [0.15, 0.2) is 24.3 Å². The summed E-state index contributed by atoms with van der Waals surface area (Å²) in [6.07, 6.45) is 0.450. The molecule has 2 rings (SSSR count). The van der Waals surface area contributed by atoms with E-state index in [1.165, 1.54) is 11.3 Å². The molecule has 4 heteroatoms. The average Bonchev–Trinajstić information content (AvgIpc) is 2.40. The molecule has 0 N–H and O–H groups in total. The lowest BCUT2D eigenvalue weighted by molar-refractivity contribution is -0.131. The van der Waals surface area contributed by atoms with Crippen molar-refractivity contribution in [3.05, 3.63) is 29.8 Å². The summed E-state index contributed by atoms with van der Waals surface area (Å²) in [6.45, 7) is 5.48. The van der Waals surface area contributed by atoms with Crippen molar-refractivity contribution in [2.24, 2.45) is 0 Å². The second-order valence-corrected chi connectivity index (χ2v) is 5.02. The zero-order valence-corrected chi connectivity index (χ0v) is 11.5. The number of carbonyl (C=O) groups is 1. The Morgan fingerprint density at radius 1 is 1.17 bits per heavy atom. The summed E-state index contributed by atoms with van der Waals surface area (Å²) in [5, 5.41) is 0. The van der Waals surface area contributed by atoms with E-state index < -0.39 is 0 Å². The minimum Gasteiger partial charge on any atom is -0.368 e. The molecular formula is C14H19ClN2O. The van der Waals surface area contributed by atoms with Crippen LogP contribution in [0.1, 0.15) is 12.0 Å². The van der Waals surface area contributed by atoms with Crippen LogP contribution in [0, 0.1) is 6.92 Å². The first kappa shape index (κ1) is 13.2. The van der Waals surface area contributed by atoms with Gasteiger partial charge in [-0.25, -0.2) is 0 Å². The molecule has 0 aromatic heterocycles. The lowest BCUT2D eigenvalue weighted by atomic mass is 10.2. The van der Waals surface area contributed by atoms with Crippen molar-refractivity contribution in [1.82, 2.24) is 4.90 Å². The number of piperazine rings is 1. The van der Waals surface area contributed by atoms with Gasteiger partial charge in [0.25, 0.3) is 0 Å². The van der Waals surface area contributed by atoms with E-state index in [1.807, 2.05) is 4.90 Å². The number of nitrogens with zero attached hydrogens (tertiary/aromatic N) is 2. The van der Waals surface area contributed by atoms with Gasteiger partial charge < -0.3 is 9.80 Å². The quantitative estimate of drug-likeness (QED) is 0.784. The highest BCUT2D eigenvalue weighted by Crippen LogP contribution is 2.17. The molecule has 1 saturated heterocycles. The first-order valence-corrected chi connectivity index (χ1v) is 6.89. The number of halogens is 1. The first-order chi connectivity index (χ1) is 8.70. The highest BCUT2D eigenvalue weighted by molar-refractivity contribution is 6.18. The van der Waals surface area contributed by atoms with Gasteiger partial charge in [-0.3, -0.25) is 4.79 Å². The predicted octanol–water partition coefficient (Wildman–Crippen LogP) is 2.27. The standard InChI is InChI=1S/C14H19ClN2O/c1-12-2-4-13(5-3-12)16-8-10-17(11-9-16)14(18)6-7-15/h2-5H,6-11H2,1H3. The Hall–Kier alpha value is -1.22. The second kappa shape index (κ2) is 6.10. The van der Waals surface area contributed by atoms with Crippen LogP contribution in [0.2, 0.25) is 0 Å². The molecule has 0 saturated carbocycles. The van der Waals surface area contributed by atoms with Crippen molar-refractivity contribution < 1.29 is 4.79 Å². The van der Waals surface area contributed by atoms with E-state index in [1.54, 1.807) is 0 Å². The van der Waals surface area contributed by atoms with Crippen molar-refractivity contribution in [3.63, 3.8) is 0 Å². The number of anilines is 1. The maximum absolute atomic E-state index is 11.7. The molecule has 0 radical (unpaired) electrons. The summed E-state index contributed by atoms with van der Waals surface area (Å²) in [6, 6.07) is 8.54. The van der Waals surface area contributed by atoms with Gasteiger partial charge in [-0.1, -0.05) is 17.7 Å². The van der Waals surface area contributed by atoms with Crippen LogP contribution in [-0.2, 0) is 4.79 Å². The van der Waals surface area contributed by atoms with Crippen LogP contribution < -0.4 is 4.90 Å². The van der Waals surface area contributed by atoms with E-state index in [9.17, 15) is 4.79 Å². The minimum atomic E-state index is 0.175. The van der Waals surface area contributed by atoms with Gasteiger partial charge in [0.15, 0.2) is 0 Å². The number of alkyl halides is 1. The Balaban J connectivity index is 1.90. The van der Waals surface area contributed by atoms with Crippen molar-refractivity contribution in [1.29, 1.82) is 0 Å². The van der Waals surface area contributed by atoms with Gasteiger partial charge in [-0.15, -0.1) is 11.6 Å². The number of benzene rings is 1. The smallest absolute Gasteiger partial charge is 0.223 e. The predicted molar refractivity (Wildman–Crippen MR) is 75.3 cm³/mol. The highest BCUT2D eigenvalue weighted by atomic mass is 35.5. The molecule has 0 unspecified atom stereocenters. The lowest BCUT2D eigenvalue weighted by Crippen LogP contribution is -2.48. The van der Waals surface area contributed by atoms with Crippen LogP contribution in [0.3, 0.4) is 0 Å². The van der Waals surface area contributed by atoms with Crippen molar-refractivity contribution in [2.75, 3.05) is 37.0 Å². The van der Waals surface area contributed by atoms with Crippen molar-refractivity contribution in [2.45, 2.75) is 13.3 Å². The Kier molecular flexibility index (Phi) is 4.48. The topological polar surface area (TPSA) is 23.6 Å². The van der Waals surface area contributed by atoms with Crippen LogP contribution in [0.25, 0.3) is 0 Å². The molecule has 1 amide bonds. The van der Waals surface area contributed by atoms with Gasteiger partial charge in [-0.05, 0) is 19.1 Å². The third kappa shape index (κ3) is 3.16. The maximum atomic E-state index is 11.7. The number of hydrogen-bond donors (Lipinski definition) is 0. The molecule has 0 bridgehead atoms. The number of hydrogen-bond acceptors (Lipinski definition) is 2. The molecule has 1 heterocycles. The molecule has 1 aliphatic heterocycles. The largest absolute Gasteiger partial charge is 0.368 e. The van der Waals surface area contributed by atoms with Crippen molar-refractivity contribution in [3.8, 4) is 0 Å². The van der Waals surface area contributed by atoms with E-state index in [2.05, 4.69) is 36.1 Å². The van der Waals surface area contributed by atoms with Crippen LogP contribution in [-0.4, -0.2) is 42.9 Å². The fourth-order valence-electron chi connectivity index (χ4n) is 2.21. The SMILES string of the molecule is Cc1ccc(N2CCN(C(=O)CCCl)CC2)cc1. The molecule has 0 aliphatic carbocycles. The molecule has 18 heavy (non-hydrogen) atoms. The fraction of sp³-hybridized carbons (Fsp3) is 0.500. The van der Waals surface area contributed by atoms with E-state index in [0.29, 0.717) is 12.3 Å². The second-order valence-electron chi connectivity index (χ2n) is 4.64. The molecule has 1 fully saturated rings. The van der Waals surface area contributed by atoms with Gasteiger partial charge in [-0.2, -0.15) is 0 Å². The van der Waals surface area contributed by atoms with E-state index in [-0.39, 0.29) is 5.91 Å². The first-order valence-electron chi connectivity index (χ1n) is 6.36. The maximum Gasteiger partial charge on any atom is 0.223 e. The van der Waals surface area contributed by atoms with E-state index in [4.69, 9.17) is 11.6 Å². The highest BCUT2D eigenvalue weighted by Gasteiger charge is 2.20. The minimum absolute atomic E-state index is 0.175. The summed E-state index contributed by atoms with van der Waals surface area (Å²) in [7, 11) is 0. The summed E-state index contributed by atoms with van der Waals surface area (Å²) in [4.78, 5) is 15.9. The molecule has 0 spiro atoms.